The first-order valence-corrected chi connectivity index (χ1v) is 13.6. The summed E-state index contributed by atoms with van der Waals surface area (Å²) >= 11 is 0. The van der Waals surface area contributed by atoms with Gasteiger partial charge in [0.15, 0.2) is 11.3 Å². The van der Waals surface area contributed by atoms with E-state index < -0.39 is 24.8 Å². The predicted octanol–water partition coefficient (Wildman–Crippen LogP) is 3.23. The van der Waals surface area contributed by atoms with Gasteiger partial charge in [-0.2, -0.15) is 13.2 Å². The molecule has 0 saturated carbocycles. The van der Waals surface area contributed by atoms with Crippen molar-refractivity contribution in [2.45, 2.75) is 25.4 Å². The van der Waals surface area contributed by atoms with E-state index in [0.29, 0.717) is 46.5 Å². The molecule has 4 aromatic heterocycles. The van der Waals surface area contributed by atoms with Crippen molar-refractivity contribution in [1.82, 2.24) is 38.3 Å². The fraction of sp³-hybridized carbons (Fsp3) is 0.370. The SMILES string of the molecule is CC[C@@H]1CN(C(=O)NCC(F)(F)F)C[C@@H]1c1cnc2cnc3c(ccn3C(=O)Nc3cc4c(cc3N)n(C)c(=O)n4C)n12. The van der Waals surface area contributed by atoms with Crippen molar-refractivity contribution in [3.05, 3.63) is 53.0 Å². The number of imidazole rings is 2. The Balaban J connectivity index is 1.31. The summed E-state index contributed by atoms with van der Waals surface area (Å²) in [7, 11) is 3.27. The van der Waals surface area contributed by atoms with E-state index >= 15 is 0 Å². The number of halogens is 3. The Morgan fingerprint density at radius 3 is 2.47 bits per heavy atom. The van der Waals surface area contributed by atoms with Gasteiger partial charge in [0.05, 0.1) is 34.1 Å². The zero-order valence-electron chi connectivity index (χ0n) is 23.5. The molecule has 2 atom stereocenters. The third-order valence-electron chi connectivity index (χ3n) is 8.17. The number of carbonyl (C=O) groups excluding carboxylic acids is 2. The summed E-state index contributed by atoms with van der Waals surface area (Å²) in [4.78, 5) is 48.6. The minimum atomic E-state index is -4.50. The Kier molecular flexibility index (Phi) is 6.58. The smallest absolute Gasteiger partial charge is 0.397 e. The maximum atomic E-state index is 13.4. The standard InChI is InChI=1S/C27H29F3N10O3/c1-4-14-11-38(24(41)34-13-27(28,29)30)12-15(14)21-9-32-22-10-33-23-18(40(21)22)5-6-39(23)25(42)35-17-8-20-19(7-16(17)31)36(2)26(43)37(20)3/h5-10,14-15H,4,11-13,31H2,1-3H3,(H,34,41)(H,35,42)/t14-,15+/m1/s1. The number of nitrogens with one attached hydrogen (secondary N) is 2. The number of nitrogens with zero attached hydrogens (tertiary/aromatic N) is 7. The minimum absolute atomic E-state index is 0.0167. The fourth-order valence-corrected chi connectivity index (χ4v) is 5.91. The maximum absolute atomic E-state index is 13.4. The average Bonchev–Trinajstić information content (AvgIpc) is 3.73. The van der Waals surface area contributed by atoms with Gasteiger partial charge in [0, 0.05) is 51.2 Å². The lowest BCUT2D eigenvalue weighted by Gasteiger charge is -2.18. The first-order valence-electron chi connectivity index (χ1n) is 13.6. The second-order valence-corrected chi connectivity index (χ2v) is 10.7. The summed E-state index contributed by atoms with van der Waals surface area (Å²) < 4.78 is 44.1. The number of hydrogen-bond acceptors (Lipinski definition) is 6. The lowest BCUT2D eigenvalue weighted by atomic mass is 9.91. The number of likely N-dealkylation sites (tertiary alicyclic amines) is 1. The molecule has 0 unspecified atom stereocenters. The predicted molar refractivity (Wildman–Crippen MR) is 153 cm³/mol. The molecular weight excluding hydrogens is 569 g/mol. The number of aromatic nitrogens is 6. The van der Waals surface area contributed by atoms with Gasteiger partial charge >= 0.3 is 23.9 Å². The first kappa shape index (κ1) is 28.1. The Morgan fingerprint density at radius 1 is 1.05 bits per heavy atom. The summed E-state index contributed by atoms with van der Waals surface area (Å²) in [6.45, 7) is 1.08. The van der Waals surface area contributed by atoms with E-state index in [2.05, 4.69) is 15.3 Å². The highest BCUT2D eigenvalue weighted by Crippen LogP contribution is 2.36. The van der Waals surface area contributed by atoms with Crippen molar-refractivity contribution in [2.24, 2.45) is 20.0 Å². The number of fused-ring (bicyclic) bond motifs is 4. The number of nitrogens with two attached hydrogens (primary N) is 1. The monoisotopic (exact) mass is 598 g/mol. The second kappa shape index (κ2) is 10.1. The summed E-state index contributed by atoms with van der Waals surface area (Å²) in [5.41, 5.74) is 10.0. The highest BCUT2D eigenvalue weighted by Gasteiger charge is 2.38. The molecular formula is C27H29F3N10O3. The molecule has 1 fully saturated rings. The number of hydrogen-bond donors (Lipinski definition) is 3. The van der Waals surface area contributed by atoms with E-state index in [1.54, 1.807) is 44.7 Å². The van der Waals surface area contributed by atoms with Gasteiger partial charge in [-0.3, -0.25) is 18.1 Å². The number of aryl methyl sites for hydroxylation is 2. The van der Waals surface area contributed by atoms with Crippen molar-refractivity contribution in [3.63, 3.8) is 0 Å². The summed E-state index contributed by atoms with van der Waals surface area (Å²) in [5, 5.41) is 4.75. The number of nitrogen functional groups attached to an aromatic ring is 1. The van der Waals surface area contributed by atoms with Crippen LogP contribution in [0.4, 0.5) is 34.1 Å². The summed E-state index contributed by atoms with van der Waals surface area (Å²) in [6, 6.07) is 3.68. The van der Waals surface area contributed by atoms with Crippen LogP contribution in [0.1, 0.15) is 25.0 Å². The molecule has 0 aliphatic carbocycles. The maximum Gasteiger partial charge on any atom is 0.405 e. The Hall–Kier alpha value is -5.02. The number of rotatable bonds is 4. The molecule has 1 saturated heterocycles. The Bertz CT molecular complexity index is 1970. The molecule has 226 valence electrons. The number of amides is 3. The van der Waals surface area contributed by atoms with Gasteiger partial charge in [-0.15, -0.1) is 0 Å². The molecule has 5 heterocycles. The van der Waals surface area contributed by atoms with Gasteiger partial charge in [-0.1, -0.05) is 13.3 Å². The van der Waals surface area contributed by atoms with E-state index in [9.17, 15) is 27.6 Å². The lowest BCUT2D eigenvalue weighted by Crippen LogP contribution is -2.42. The molecule has 3 amide bonds. The quantitative estimate of drug-likeness (QED) is 0.271. The molecule has 1 aliphatic rings. The molecule has 0 spiro atoms. The number of urea groups is 1. The number of anilines is 2. The molecule has 43 heavy (non-hydrogen) atoms. The highest BCUT2D eigenvalue weighted by atomic mass is 19.4. The first-order chi connectivity index (χ1) is 20.4. The fourth-order valence-electron chi connectivity index (χ4n) is 5.91. The van der Waals surface area contributed by atoms with Crippen LogP contribution in [-0.4, -0.2) is 70.8 Å². The van der Waals surface area contributed by atoms with Crippen molar-refractivity contribution >= 4 is 51.3 Å². The lowest BCUT2D eigenvalue weighted by molar-refractivity contribution is -0.123. The normalized spacial score (nSPS) is 17.4. The van der Waals surface area contributed by atoms with E-state index in [0.717, 1.165) is 5.69 Å². The van der Waals surface area contributed by atoms with Crippen LogP contribution in [0, 0.1) is 5.92 Å². The topological polar surface area (TPSA) is 150 Å². The van der Waals surface area contributed by atoms with Crippen LogP contribution >= 0.6 is 0 Å². The summed E-state index contributed by atoms with van der Waals surface area (Å²) in [6.07, 6.45) is 0.957. The van der Waals surface area contributed by atoms with Crippen LogP contribution in [0.15, 0.2) is 41.6 Å². The van der Waals surface area contributed by atoms with E-state index in [1.165, 1.54) is 24.8 Å². The summed E-state index contributed by atoms with van der Waals surface area (Å²) in [5.74, 6) is -0.222. The third-order valence-corrected chi connectivity index (χ3v) is 8.17. The average molecular weight is 599 g/mol. The molecule has 4 N–H and O–H groups in total. The number of alkyl halides is 3. The van der Waals surface area contributed by atoms with Gasteiger partial charge in [0.25, 0.3) is 0 Å². The van der Waals surface area contributed by atoms with Crippen LogP contribution in [0.2, 0.25) is 0 Å². The third kappa shape index (κ3) is 4.71. The van der Waals surface area contributed by atoms with Gasteiger partial charge < -0.3 is 21.3 Å². The van der Waals surface area contributed by atoms with Crippen molar-refractivity contribution in [3.8, 4) is 0 Å². The van der Waals surface area contributed by atoms with Crippen molar-refractivity contribution in [1.29, 1.82) is 0 Å². The van der Waals surface area contributed by atoms with Crippen LogP contribution in [0.5, 0.6) is 0 Å². The van der Waals surface area contributed by atoms with Gasteiger partial charge in [-0.25, -0.2) is 24.4 Å². The molecule has 5 aromatic rings. The van der Waals surface area contributed by atoms with Crippen LogP contribution < -0.4 is 22.1 Å². The van der Waals surface area contributed by atoms with Gasteiger partial charge in [0.1, 0.15) is 6.54 Å². The molecule has 1 aromatic carbocycles. The second-order valence-electron chi connectivity index (χ2n) is 10.7. The zero-order chi connectivity index (χ0) is 30.8. The largest absolute Gasteiger partial charge is 0.405 e. The molecule has 16 heteroatoms. The molecule has 13 nitrogen and oxygen atoms in total. The van der Waals surface area contributed by atoms with E-state index in [1.807, 2.05) is 16.6 Å². The highest BCUT2D eigenvalue weighted by molar-refractivity contribution is 6.01. The zero-order valence-corrected chi connectivity index (χ0v) is 23.5. The molecule has 1 aliphatic heterocycles. The van der Waals surface area contributed by atoms with Crippen molar-refractivity contribution in [2.75, 3.05) is 30.7 Å². The van der Waals surface area contributed by atoms with Crippen molar-refractivity contribution < 1.29 is 22.8 Å². The van der Waals surface area contributed by atoms with Gasteiger partial charge in [0.2, 0.25) is 0 Å². The molecule has 0 bridgehead atoms. The van der Waals surface area contributed by atoms with Gasteiger partial charge in [-0.05, 0) is 24.1 Å². The molecule has 0 radical (unpaired) electrons. The Labute approximate surface area is 241 Å². The number of benzene rings is 1. The number of carbonyl (C=O) groups is 2. The van der Waals surface area contributed by atoms with E-state index in [4.69, 9.17) is 5.73 Å². The van der Waals surface area contributed by atoms with Crippen LogP contribution in [0.25, 0.3) is 27.8 Å². The van der Waals surface area contributed by atoms with Crippen LogP contribution in [0.3, 0.4) is 0 Å². The minimum Gasteiger partial charge on any atom is -0.397 e. The molecule has 6 rings (SSSR count). The van der Waals surface area contributed by atoms with E-state index in [-0.39, 0.29) is 29.8 Å². The Morgan fingerprint density at radius 2 is 1.77 bits per heavy atom. The van der Waals surface area contributed by atoms with Crippen LogP contribution in [-0.2, 0) is 14.1 Å².